The first-order valence-electron chi connectivity index (χ1n) is 6.60. The average Bonchev–Trinajstić information content (AvgIpc) is 3.21. The summed E-state index contributed by atoms with van der Waals surface area (Å²) in [6.45, 7) is 1.54. The van der Waals surface area contributed by atoms with E-state index in [4.69, 9.17) is 27.9 Å². The second-order valence-corrected chi connectivity index (χ2v) is 5.70. The lowest BCUT2D eigenvalue weighted by Crippen LogP contribution is -2.36. The van der Waals surface area contributed by atoms with Gasteiger partial charge in [0.1, 0.15) is 0 Å². The summed E-state index contributed by atoms with van der Waals surface area (Å²) in [4.78, 5) is 23.3. The van der Waals surface area contributed by atoms with Gasteiger partial charge in [-0.3, -0.25) is 4.79 Å². The molecule has 1 aromatic rings. The molecule has 6 heteroatoms. The van der Waals surface area contributed by atoms with E-state index >= 15 is 0 Å². The highest BCUT2D eigenvalue weighted by Crippen LogP contribution is 2.22. The van der Waals surface area contributed by atoms with E-state index in [0.717, 1.165) is 12.8 Å². The maximum Gasteiger partial charge on any atom is 0.331 e. The van der Waals surface area contributed by atoms with Gasteiger partial charge in [-0.2, -0.15) is 0 Å². The Balaban J connectivity index is 1.88. The van der Waals surface area contributed by atoms with Crippen molar-refractivity contribution in [2.45, 2.75) is 31.9 Å². The molecule has 0 saturated heterocycles. The molecular weight excluding hydrogens is 313 g/mol. The number of benzene rings is 1. The van der Waals surface area contributed by atoms with Crippen LogP contribution in [0.3, 0.4) is 0 Å². The number of rotatable bonds is 5. The van der Waals surface area contributed by atoms with Crippen LogP contribution in [0.1, 0.15) is 25.3 Å². The third kappa shape index (κ3) is 5.06. The molecule has 21 heavy (non-hydrogen) atoms. The Bertz CT molecular complexity index is 582. The molecule has 4 nitrogen and oxygen atoms in total. The molecular formula is C15H15Cl2NO3. The average molecular weight is 328 g/mol. The molecule has 1 aromatic carbocycles. The highest BCUT2D eigenvalue weighted by atomic mass is 35.5. The van der Waals surface area contributed by atoms with Crippen LogP contribution in [0.25, 0.3) is 6.08 Å². The zero-order chi connectivity index (χ0) is 15.4. The lowest BCUT2D eigenvalue weighted by atomic mass is 10.2. The minimum atomic E-state index is -0.816. The van der Waals surface area contributed by atoms with Crippen molar-refractivity contribution in [2.75, 3.05) is 0 Å². The van der Waals surface area contributed by atoms with E-state index in [0.29, 0.717) is 15.6 Å². The van der Waals surface area contributed by atoms with Crippen molar-refractivity contribution >= 4 is 41.2 Å². The van der Waals surface area contributed by atoms with Crippen LogP contribution in [-0.2, 0) is 14.3 Å². The molecule has 0 bridgehead atoms. The Morgan fingerprint density at radius 3 is 2.71 bits per heavy atom. The van der Waals surface area contributed by atoms with Crippen molar-refractivity contribution in [3.63, 3.8) is 0 Å². The molecule has 1 atom stereocenters. The first-order valence-corrected chi connectivity index (χ1v) is 7.35. The molecule has 0 heterocycles. The van der Waals surface area contributed by atoms with Gasteiger partial charge in [0.15, 0.2) is 6.10 Å². The number of halogens is 2. The summed E-state index contributed by atoms with van der Waals surface area (Å²) >= 11 is 11.8. The van der Waals surface area contributed by atoms with Gasteiger partial charge < -0.3 is 10.1 Å². The zero-order valence-electron chi connectivity index (χ0n) is 11.4. The van der Waals surface area contributed by atoms with Crippen molar-refractivity contribution < 1.29 is 14.3 Å². The Labute approximate surface area is 133 Å². The Hall–Kier alpha value is -1.52. The number of amides is 1. The molecule has 1 fully saturated rings. The monoisotopic (exact) mass is 327 g/mol. The van der Waals surface area contributed by atoms with E-state index in [2.05, 4.69) is 5.32 Å². The van der Waals surface area contributed by atoms with Crippen molar-refractivity contribution in [3.8, 4) is 0 Å². The van der Waals surface area contributed by atoms with Gasteiger partial charge in [0.2, 0.25) is 0 Å². The number of ether oxygens (including phenoxy) is 1. The molecule has 1 saturated carbocycles. The fraction of sp³-hybridized carbons (Fsp3) is 0.333. The van der Waals surface area contributed by atoms with Gasteiger partial charge in [-0.1, -0.05) is 29.3 Å². The summed E-state index contributed by atoms with van der Waals surface area (Å²) in [7, 11) is 0. The number of hydrogen-bond donors (Lipinski definition) is 1. The first kappa shape index (κ1) is 15.9. The molecule has 1 N–H and O–H groups in total. The number of hydrogen-bond acceptors (Lipinski definition) is 3. The summed E-state index contributed by atoms with van der Waals surface area (Å²) in [6, 6.07) is 5.18. The molecule has 0 aromatic heterocycles. The van der Waals surface area contributed by atoms with Crippen LogP contribution >= 0.6 is 23.2 Å². The van der Waals surface area contributed by atoms with Crippen LogP contribution in [0.15, 0.2) is 24.3 Å². The van der Waals surface area contributed by atoms with Crippen LogP contribution in [-0.4, -0.2) is 24.0 Å². The molecule has 0 aliphatic heterocycles. The number of nitrogens with one attached hydrogen (secondary N) is 1. The van der Waals surface area contributed by atoms with E-state index in [-0.39, 0.29) is 11.9 Å². The largest absolute Gasteiger partial charge is 0.449 e. The van der Waals surface area contributed by atoms with Gasteiger partial charge in [-0.05, 0) is 43.5 Å². The van der Waals surface area contributed by atoms with E-state index in [9.17, 15) is 9.59 Å². The SMILES string of the molecule is C[C@@H](OC(=O)/C=C/c1ccc(Cl)cc1Cl)C(=O)NC1CC1. The van der Waals surface area contributed by atoms with E-state index < -0.39 is 12.1 Å². The van der Waals surface area contributed by atoms with E-state index in [1.165, 1.54) is 12.2 Å². The van der Waals surface area contributed by atoms with E-state index in [1.807, 2.05) is 0 Å². The van der Waals surface area contributed by atoms with Crippen molar-refractivity contribution in [3.05, 3.63) is 39.9 Å². The zero-order valence-corrected chi connectivity index (χ0v) is 12.9. The van der Waals surface area contributed by atoms with Gasteiger partial charge in [-0.15, -0.1) is 0 Å². The summed E-state index contributed by atoms with van der Waals surface area (Å²) < 4.78 is 5.02. The normalized spacial score (nSPS) is 15.8. The lowest BCUT2D eigenvalue weighted by molar-refractivity contribution is -0.150. The van der Waals surface area contributed by atoms with Crippen molar-refractivity contribution in [2.24, 2.45) is 0 Å². The van der Waals surface area contributed by atoms with Gasteiger partial charge in [0.05, 0.1) is 0 Å². The van der Waals surface area contributed by atoms with Crippen LogP contribution in [0.5, 0.6) is 0 Å². The van der Waals surface area contributed by atoms with Crippen molar-refractivity contribution in [1.29, 1.82) is 0 Å². The minimum Gasteiger partial charge on any atom is -0.449 e. The second-order valence-electron chi connectivity index (χ2n) is 4.86. The number of esters is 1. The Morgan fingerprint density at radius 1 is 1.38 bits per heavy atom. The quantitative estimate of drug-likeness (QED) is 0.667. The molecule has 0 spiro atoms. The smallest absolute Gasteiger partial charge is 0.331 e. The number of carbonyl (C=O) groups is 2. The van der Waals surface area contributed by atoms with Gasteiger partial charge >= 0.3 is 5.97 Å². The van der Waals surface area contributed by atoms with Crippen LogP contribution in [0.2, 0.25) is 10.0 Å². The standard InChI is InChI=1S/C15H15Cl2NO3/c1-9(15(20)18-12-5-6-12)21-14(19)7-3-10-2-4-11(16)8-13(10)17/h2-4,7-9,12H,5-6H2,1H3,(H,18,20)/b7-3+/t9-/m1/s1. The molecule has 0 radical (unpaired) electrons. The van der Waals surface area contributed by atoms with Crippen LogP contribution in [0.4, 0.5) is 0 Å². The highest BCUT2D eigenvalue weighted by Gasteiger charge is 2.26. The lowest BCUT2D eigenvalue weighted by Gasteiger charge is -2.11. The Kier molecular flexibility index (Phi) is 5.26. The van der Waals surface area contributed by atoms with Gasteiger partial charge in [0, 0.05) is 22.2 Å². The fourth-order valence-electron chi connectivity index (χ4n) is 1.61. The highest BCUT2D eigenvalue weighted by molar-refractivity contribution is 6.35. The molecule has 112 valence electrons. The molecule has 1 aliphatic rings. The van der Waals surface area contributed by atoms with Crippen LogP contribution in [0, 0.1) is 0 Å². The predicted octanol–water partition coefficient (Wildman–Crippen LogP) is 3.22. The summed E-state index contributed by atoms with van der Waals surface area (Å²) in [6.07, 6.45) is 3.91. The Morgan fingerprint density at radius 2 is 2.10 bits per heavy atom. The molecule has 1 amide bonds. The second kappa shape index (κ2) is 6.96. The maximum absolute atomic E-state index is 11.7. The van der Waals surface area contributed by atoms with Gasteiger partial charge in [-0.25, -0.2) is 4.79 Å². The summed E-state index contributed by atoms with van der Waals surface area (Å²) in [5, 5.41) is 3.73. The molecule has 0 unspecified atom stereocenters. The van der Waals surface area contributed by atoms with Crippen molar-refractivity contribution in [1.82, 2.24) is 5.32 Å². The molecule has 1 aliphatic carbocycles. The summed E-state index contributed by atoms with van der Waals surface area (Å²) in [5.41, 5.74) is 0.646. The number of carbonyl (C=O) groups excluding carboxylic acids is 2. The third-order valence-electron chi connectivity index (χ3n) is 2.95. The topological polar surface area (TPSA) is 55.4 Å². The fourth-order valence-corrected chi connectivity index (χ4v) is 2.08. The first-order chi connectivity index (χ1) is 9.95. The van der Waals surface area contributed by atoms with Gasteiger partial charge in [0.25, 0.3) is 5.91 Å². The summed E-state index contributed by atoms with van der Waals surface area (Å²) in [5.74, 6) is -0.872. The molecule has 2 rings (SSSR count). The third-order valence-corrected chi connectivity index (χ3v) is 3.51. The van der Waals surface area contributed by atoms with Crippen LogP contribution < -0.4 is 5.32 Å². The minimum absolute atomic E-state index is 0.238. The predicted molar refractivity (Wildman–Crippen MR) is 82.2 cm³/mol. The maximum atomic E-state index is 11.7. The van der Waals surface area contributed by atoms with E-state index in [1.54, 1.807) is 25.1 Å².